The maximum atomic E-state index is 13.0. The molecule has 2 amide bonds. The third-order valence-corrected chi connectivity index (χ3v) is 5.62. The number of carbonyl (C=O) groups excluding carboxylic acids is 2. The van der Waals surface area contributed by atoms with Crippen LogP contribution in [0.5, 0.6) is 0 Å². The summed E-state index contributed by atoms with van der Waals surface area (Å²) < 4.78 is 0. The molecular formula is C25H34N4O2. The van der Waals surface area contributed by atoms with Gasteiger partial charge < -0.3 is 15.5 Å². The molecule has 1 aliphatic heterocycles. The number of rotatable bonds is 4. The Morgan fingerprint density at radius 1 is 1.13 bits per heavy atom. The molecule has 0 bridgehead atoms. The van der Waals surface area contributed by atoms with E-state index in [1.54, 1.807) is 12.4 Å². The molecule has 31 heavy (non-hydrogen) atoms. The van der Waals surface area contributed by atoms with Crippen molar-refractivity contribution >= 4 is 17.5 Å². The number of anilines is 1. The fourth-order valence-corrected chi connectivity index (χ4v) is 3.85. The monoisotopic (exact) mass is 422 g/mol. The Hall–Kier alpha value is -2.73. The highest BCUT2D eigenvalue weighted by Gasteiger charge is 2.22. The zero-order valence-electron chi connectivity index (χ0n) is 18.7. The molecule has 0 spiro atoms. The van der Waals surface area contributed by atoms with E-state index in [1.165, 1.54) is 12.8 Å². The predicted molar refractivity (Wildman–Crippen MR) is 124 cm³/mol. The van der Waals surface area contributed by atoms with Crippen molar-refractivity contribution in [2.45, 2.75) is 59.0 Å². The van der Waals surface area contributed by atoms with Crippen LogP contribution in [0.1, 0.15) is 67.4 Å². The van der Waals surface area contributed by atoms with Gasteiger partial charge >= 0.3 is 0 Å². The van der Waals surface area contributed by atoms with Crippen molar-refractivity contribution in [3.8, 4) is 0 Å². The van der Waals surface area contributed by atoms with Crippen LogP contribution in [0.2, 0.25) is 0 Å². The zero-order chi connectivity index (χ0) is 22.1. The SMILES string of the molecule is CC(C)C(=O)N1CCCCCCCNCc2cc(C(=O)NCc3cccnc3)ccc21. The number of hydrogen-bond acceptors (Lipinski definition) is 4. The van der Waals surface area contributed by atoms with Gasteiger partial charge in [0.1, 0.15) is 0 Å². The van der Waals surface area contributed by atoms with Crippen LogP contribution >= 0.6 is 0 Å². The van der Waals surface area contributed by atoms with Crippen molar-refractivity contribution in [3.63, 3.8) is 0 Å². The van der Waals surface area contributed by atoms with Crippen LogP contribution in [-0.2, 0) is 17.9 Å². The molecule has 0 aliphatic carbocycles. The fourth-order valence-electron chi connectivity index (χ4n) is 3.85. The van der Waals surface area contributed by atoms with Crippen molar-refractivity contribution in [1.82, 2.24) is 15.6 Å². The van der Waals surface area contributed by atoms with E-state index < -0.39 is 0 Å². The summed E-state index contributed by atoms with van der Waals surface area (Å²) in [5, 5.41) is 6.46. The van der Waals surface area contributed by atoms with Crippen molar-refractivity contribution in [2.75, 3.05) is 18.0 Å². The largest absolute Gasteiger partial charge is 0.348 e. The molecular weight excluding hydrogens is 388 g/mol. The average molecular weight is 423 g/mol. The van der Waals surface area contributed by atoms with E-state index in [9.17, 15) is 9.59 Å². The number of amides is 2. The minimum Gasteiger partial charge on any atom is -0.348 e. The van der Waals surface area contributed by atoms with Gasteiger partial charge in [0.2, 0.25) is 5.91 Å². The second-order valence-electron chi connectivity index (χ2n) is 8.48. The van der Waals surface area contributed by atoms with Gasteiger partial charge in [0.05, 0.1) is 0 Å². The van der Waals surface area contributed by atoms with E-state index in [0.29, 0.717) is 18.7 Å². The molecule has 2 N–H and O–H groups in total. The fraction of sp³-hybridized carbons (Fsp3) is 0.480. The molecule has 0 fully saturated rings. The van der Waals surface area contributed by atoms with Gasteiger partial charge in [-0.15, -0.1) is 0 Å². The number of fused-ring (bicyclic) bond motifs is 1. The summed E-state index contributed by atoms with van der Waals surface area (Å²) in [5.74, 6) is -0.0669. The number of nitrogens with one attached hydrogen (secondary N) is 2. The highest BCUT2D eigenvalue weighted by atomic mass is 16.2. The molecule has 3 rings (SSSR count). The standard InChI is InChI=1S/C25H34N4O2/c1-19(2)25(31)29-14-7-5-3-4-6-12-27-18-22-15-21(10-11-23(22)29)24(30)28-17-20-9-8-13-26-16-20/h8-11,13,15-16,19,27H,3-7,12,14,17-18H2,1-2H3,(H,28,30). The zero-order valence-corrected chi connectivity index (χ0v) is 18.7. The van der Waals surface area contributed by atoms with Crippen molar-refractivity contribution in [2.24, 2.45) is 5.92 Å². The van der Waals surface area contributed by atoms with Crippen molar-refractivity contribution in [3.05, 3.63) is 59.4 Å². The Bertz CT molecular complexity index is 867. The smallest absolute Gasteiger partial charge is 0.251 e. The molecule has 6 nitrogen and oxygen atoms in total. The number of hydrogen-bond donors (Lipinski definition) is 2. The lowest BCUT2D eigenvalue weighted by molar-refractivity contribution is -0.121. The summed E-state index contributed by atoms with van der Waals surface area (Å²) in [5.41, 5.74) is 3.46. The first kappa shape index (κ1) is 22.9. The third-order valence-electron chi connectivity index (χ3n) is 5.62. The van der Waals surface area contributed by atoms with Crippen molar-refractivity contribution < 1.29 is 9.59 Å². The van der Waals surface area contributed by atoms with Gasteiger partial charge in [-0.3, -0.25) is 14.6 Å². The van der Waals surface area contributed by atoms with Crippen LogP contribution in [0.4, 0.5) is 5.69 Å². The lowest BCUT2D eigenvalue weighted by Gasteiger charge is -2.28. The van der Waals surface area contributed by atoms with Gasteiger partial charge in [-0.25, -0.2) is 0 Å². The van der Waals surface area contributed by atoms with E-state index in [2.05, 4.69) is 15.6 Å². The first-order valence-electron chi connectivity index (χ1n) is 11.4. The second kappa shape index (κ2) is 11.6. The van der Waals surface area contributed by atoms with Crippen LogP contribution in [0, 0.1) is 5.92 Å². The van der Waals surface area contributed by atoms with Crippen LogP contribution < -0.4 is 15.5 Å². The number of pyridine rings is 1. The quantitative estimate of drug-likeness (QED) is 0.779. The van der Waals surface area contributed by atoms with Gasteiger partial charge in [0, 0.05) is 49.2 Å². The van der Waals surface area contributed by atoms with Crippen molar-refractivity contribution in [1.29, 1.82) is 0 Å². The molecule has 0 saturated carbocycles. The molecule has 0 atom stereocenters. The molecule has 2 heterocycles. The Kier molecular flexibility index (Phi) is 8.59. The highest BCUT2D eigenvalue weighted by Crippen LogP contribution is 2.25. The lowest BCUT2D eigenvalue weighted by atomic mass is 10.0. The summed E-state index contributed by atoms with van der Waals surface area (Å²) in [6.45, 7) is 6.61. The molecule has 1 aromatic heterocycles. The lowest BCUT2D eigenvalue weighted by Crippen LogP contribution is -2.36. The molecule has 6 heteroatoms. The molecule has 0 radical (unpaired) electrons. The van der Waals surface area contributed by atoms with E-state index in [4.69, 9.17) is 0 Å². The first-order chi connectivity index (χ1) is 15.1. The van der Waals surface area contributed by atoms with Crippen LogP contribution in [0.15, 0.2) is 42.7 Å². The van der Waals surface area contributed by atoms with Crippen LogP contribution in [0.3, 0.4) is 0 Å². The summed E-state index contributed by atoms with van der Waals surface area (Å²) in [6.07, 6.45) is 9.15. The Morgan fingerprint density at radius 3 is 2.71 bits per heavy atom. The van der Waals surface area contributed by atoms with E-state index in [1.807, 2.05) is 49.1 Å². The molecule has 1 aliphatic rings. The molecule has 1 aromatic carbocycles. The number of carbonyl (C=O) groups is 2. The normalized spacial score (nSPS) is 15.5. The van der Waals surface area contributed by atoms with E-state index in [0.717, 1.165) is 49.2 Å². The Balaban J connectivity index is 1.83. The molecule has 2 aromatic rings. The van der Waals surface area contributed by atoms with E-state index in [-0.39, 0.29) is 17.7 Å². The Labute approximate surface area is 185 Å². The van der Waals surface area contributed by atoms with Gasteiger partial charge in [-0.05, 0) is 54.8 Å². The predicted octanol–water partition coefficient (Wildman–Crippen LogP) is 4.05. The third kappa shape index (κ3) is 6.62. The van der Waals surface area contributed by atoms with Gasteiger partial charge in [-0.2, -0.15) is 0 Å². The van der Waals surface area contributed by atoms with E-state index >= 15 is 0 Å². The molecule has 166 valence electrons. The Morgan fingerprint density at radius 2 is 1.94 bits per heavy atom. The molecule has 0 saturated heterocycles. The first-order valence-corrected chi connectivity index (χ1v) is 11.4. The number of benzene rings is 1. The maximum Gasteiger partial charge on any atom is 0.251 e. The summed E-state index contributed by atoms with van der Waals surface area (Å²) >= 11 is 0. The maximum absolute atomic E-state index is 13.0. The average Bonchev–Trinajstić information content (AvgIpc) is 2.78. The van der Waals surface area contributed by atoms with Gasteiger partial charge in [0.25, 0.3) is 5.91 Å². The molecule has 0 unspecified atom stereocenters. The second-order valence-corrected chi connectivity index (χ2v) is 8.48. The minimum atomic E-state index is -0.125. The van der Waals surface area contributed by atoms with Crippen LogP contribution in [-0.4, -0.2) is 29.9 Å². The number of nitrogens with zero attached hydrogens (tertiary/aromatic N) is 2. The van der Waals surface area contributed by atoms with Crippen LogP contribution in [0.25, 0.3) is 0 Å². The summed E-state index contributed by atoms with van der Waals surface area (Å²) in [4.78, 5) is 31.8. The van der Waals surface area contributed by atoms with Gasteiger partial charge in [-0.1, -0.05) is 39.2 Å². The minimum absolute atomic E-state index is 0.0730. The van der Waals surface area contributed by atoms with Gasteiger partial charge in [0.15, 0.2) is 0 Å². The number of aromatic nitrogens is 1. The summed E-state index contributed by atoms with van der Waals surface area (Å²) in [6, 6.07) is 9.47. The summed E-state index contributed by atoms with van der Waals surface area (Å²) in [7, 11) is 0. The topological polar surface area (TPSA) is 74.3 Å². The highest BCUT2D eigenvalue weighted by molar-refractivity contribution is 5.98.